The number of methoxy groups -OCH3 is 1. The Morgan fingerprint density at radius 3 is 2.57 bits per heavy atom. The normalized spacial score (nSPS) is 21.3. The number of benzene rings is 1. The van der Waals surface area contributed by atoms with Gasteiger partial charge in [0.05, 0.1) is 26.3 Å². The third-order valence-corrected chi connectivity index (χ3v) is 7.73. The van der Waals surface area contributed by atoms with Crippen molar-refractivity contribution in [3.8, 4) is 22.8 Å². The Morgan fingerprint density at radius 2 is 1.92 bits per heavy atom. The largest absolute Gasteiger partial charge is 0.497 e. The number of aliphatic hydroxyl groups excluding tert-OH is 1. The number of carbonyl (C=O) groups is 2. The van der Waals surface area contributed by atoms with Crippen LogP contribution in [0, 0.1) is 11.8 Å². The molecule has 1 aliphatic heterocycles. The third kappa shape index (κ3) is 6.06. The van der Waals surface area contributed by atoms with Gasteiger partial charge in [0.2, 0.25) is 11.8 Å². The monoisotopic (exact) mass is 509 g/mol. The summed E-state index contributed by atoms with van der Waals surface area (Å²) in [6.45, 7) is 4.52. The predicted molar refractivity (Wildman–Crippen MR) is 142 cm³/mol. The van der Waals surface area contributed by atoms with E-state index in [0.29, 0.717) is 18.7 Å². The fraction of sp³-hybridized carbons (Fsp3) is 0.552. The third-order valence-electron chi connectivity index (χ3n) is 7.73. The molecule has 2 amide bonds. The number of nitrogens with zero attached hydrogens (tertiary/aromatic N) is 3. The van der Waals surface area contributed by atoms with Gasteiger partial charge in [-0.3, -0.25) is 9.59 Å². The minimum absolute atomic E-state index is 0.0734. The second kappa shape index (κ2) is 11.9. The lowest BCUT2D eigenvalue weighted by atomic mass is 9.88. The Hall–Kier alpha value is -3.13. The van der Waals surface area contributed by atoms with E-state index in [2.05, 4.69) is 4.98 Å². The van der Waals surface area contributed by atoms with Gasteiger partial charge in [0.25, 0.3) is 5.91 Å². The number of pyridine rings is 1. The molecule has 1 fully saturated rings. The predicted octanol–water partition coefficient (Wildman–Crippen LogP) is 4.02. The van der Waals surface area contributed by atoms with Crippen LogP contribution in [0.1, 0.15) is 56.3 Å². The number of fused-ring (bicyclic) bond motifs is 1. The number of rotatable bonds is 7. The second-order valence-corrected chi connectivity index (χ2v) is 10.5. The topological polar surface area (TPSA) is 92.2 Å². The molecule has 0 bridgehead atoms. The van der Waals surface area contributed by atoms with Gasteiger partial charge in [0.1, 0.15) is 17.4 Å². The van der Waals surface area contributed by atoms with Gasteiger partial charge in [0, 0.05) is 37.2 Å². The molecule has 8 heteroatoms. The van der Waals surface area contributed by atoms with Crippen LogP contribution in [0.3, 0.4) is 0 Å². The lowest BCUT2D eigenvalue weighted by Gasteiger charge is -2.38. The van der Waals surface area contributed by atoms with Crippen molar-refractivity contribution in [2.45, 2.75) is 58.1 Å². The average molecular weight is 510 g/mol. The van der Waals surface area contributed by atoms with Gasteiger partial charge in [-0.15, -0.1) is 0 Å². The maximum absolute atomic E-state index is 13.7. The molecule has 4 rings (SSSR count). The molecule has 1 N–H and O–H groups in total. The van der Waals surface area contributed by atoms with E-state index in [9.17, 15) is 14.7 Å². The van der Waals surface area contributed by atoms with Crippen LogP contribution >= 0.6 is 0 Å². The molecule has 1 aromatic heterocycles. The summed E-state index contributed by atoms with van der Waals surface area (Å²) in [5, 5.41) is 9.91. The van der Waals surface area contributed by atoms with Crippen LogP contribution in [0.2, 0.25) is 0 Å². The summed E-state index contributed by atoms with van der Waals surface area (Å²) in [7, 11) is 3.46. The molecule has 0 unspecified atom stereocenters. The van der Waals surface area contributed by atoms with Crippen molar-refractivity contribution in [3.63, 3.8) is 0 Å². The highest BCUT2D eigenvalue weighted by atomic mass is 16.5. The summed E-state index contributed by atoms with van der Waals surface area (Å²) in [4.78, 5) is 34.9. The van der Waals surface area contributed by atoms with Gasteiger partial charge < -0.3 is 24.4 Å². The number of hydrogen-bond acceptors (Lipinski definition) is 6. The number of ether oxygens (including phenoxy) is 2. The van der Waals surface area contributed by atoms with Crippen molar-refractivity contribution in [3.05, 3.63) is 42.1 Å². The van der Waals surface area contributed by atoms with Crippen LogP contribution in [0.15, 0.2) is 36.5 Å². The van der Waals surface area contributed by atoms with E-state index in [1.807, 2.05) is 45.2 Å². The van der Waals surface area contributed by atoms with Gasteiger partial charge in [-0.2, -0.15) is 0 Å². The summed E-state index contributed by atoms with van der Waals surface area (Å²) in [6.07, 6.45) is 6.64. The lowest BCUT2D eigenvalue weighted by molar-refractivity contribution is -0.136. The molecule has 37 heavy (non-hydrogen) atoms. The molecule has 0 radical (unpaired) electrons. The molecular formula is C29H39N3O5. The maximum Gasteiger partial charge on any atom is 0.259 e. The average Bonchev–Trinajstić information content (AvgIpc) is 2.94. The number of aliphatic hydroxyl groups is 1. The smallest absolute Gasteiger partial charge is 0.259 e. The minimum Gasteiger partial charge on any atom is -0.497 e. The molecule has 3 atom stereocenters. The Labute approximate surface area is 219 Å². The van der Waals surface area contributed by atoms with Crippen molar-refractivity contribution in [1.82, 2.24) is 14.8 Å². The molecule has 1 saturated carbocycles. The SMILES string of the molecule is COc1ccc(-c2cnc3c(c2)C(=O)N([C@H](C)CO)C[C@@H](C)[C@H](CN(C)C(=O)C2CCCCC2)O3)cc1. The van der Waals surface area contributed by atoms with Crippen molar-refractivity contribution >= 4 is 11.8 Å². The van der Waals surface area contributed by atoms with Crippen molar-refractivity contribution < 1.29 is 24.2 Å². The van der Waals surface area contributed by atoms with Gasteiger partial charge in [-0.25, -0.2) is 4.98 Å². The van der Waals surface area contributed by atoms with Crippen LogP contribution in [0.25, 0.3) is 11.1 Å². The Bertz CT molecular complexity index is 1080. The number of likely N-dealkylation sites (N-methyl/N-ethyl adjacent to an activating group) is 1. The van der Waals surface area contributed by atoms with Gasteiger partial charge >= 0.3 is 0 Å². The van der Waals surface area contributed by atoms with Crippen LogP contribution in [-0.4, -0.2) is 77.7 Å². The number of hydrogen-bond donors (Lipinski definition) is 1. The first-order valence-electron chi connectivity index (χ1n) is 13.3. The van der Waals surface area contributed by atoms with Crippen LogP contribution in [-0.2, 0) is 4.79 Å². The highest BCUT2D eigenvalue weighted by Crippen LogP contribution is 2.31. The van der Waals surface area contributed by atoms with Gasteiger partial charge in [-0.1, -0.05) is 38.3 Å². The fourth-order valence-corrected chi connectivity index (χ4v) is 5.28. The minimum atomic E-state index is -0.368. The van der Waals surface area contributed by atoms with Crippen molar-refractivity contribution in [2.24, 2.45) is 11.8 Å². The molecule has 2 aromatic rings. The van der Waals surface area contributed by atoms with Crippen molar-refractivity contribution in [2.75, 3.05) is 33.9 Å². The highest BCUT2D eigenvalue weighted by molar-refractivity contribution is 5.98. The fourth-order valence-electron chi connectivity index (χ4n) is 5.28. The van der Waals surface area contributed by atoms with E-state index < -0.39 is 0 Å². The second-order valence-electron chi connectivity index (χ2n) is 10.5. The van der Waals surface area contributed by atoms with E-state index in [4.69, 9.17) is 9.47 Å². The van der Waals surface area contributed by atoms with E-state index in [0.717, 1.165) is 42.6 Å². The molecule has 2 heterocycles. The Morgan fingerprint density at radius 1 is 1.22 bits per heavy atom. The first-order chi connectivity index (χ1) is 17.8. The van der Waals surface area contributed by atoms with E-state index >= 15 is 0 Å². The highest BCUT2D eigenvalue weighted by Gasteiger charge is 2.35. The molecule has 8 nitrogen and oxygen atoms in total. The zero-order valence-corrected chi connectivity index (χ0v) is 22.4. The first-order valence-corrected chi connectivity index (χ1v) is 13.3. The summed E-state index contributed by atoms with van der Waals surface area (Å²) in [5.74, 6) is 0.943. The van der Waals surface area contributed by atoms with E-state index in [1.165, 1.54) is 6.42 Å². The Kier molecular flexibility index (Phi) is 8.69. The molecule has 1 aromatic carbocycles. The molecule has 200 valence electrons. The van der Waals surface area contributed by atoms with Gasteiger partial charge in [-0.05, 0) is 43.5 Å². The zero-order chi connectivity index (χ0) is 26.5. The Balaban J connectivity index is 1.64. The summed E-state index contributed by atoms with van der Waals surface area (Å²) >= 11 is 0. The number of aromatic nitrogens is 1. The summed E-state index contributed by atoms with van der Waals surface area (Å²) < 4.78 is 11.6. The summed E-state index contributed by atoms with van der Waals surface area (Å²) in [6, 6.07) is 8.99. The summed E-state index contributed by atoms with van der Waals surface area (Å²) in [5.41, 5.74) is 2.03. The molecule has 0 saturated heterocycles. The van der Waals surface area contributed by atoms with Crippen LogP contribution in [0.5, 0.6) is 11.6 Å². The van der Waals surface area contributed by atoms with Gasteiger partial charge in [0.15, 0.2) is 0 Å². The van der Waals surface area contributed by atoms with E-state index in [1.54, 1.807) is 29.2 Å². The van der Waals surface area contributed by atoms with Crippen LogP contribution in [0.4, 0.5) is 0 Å². The zero-order valence-electron chi connectivity index (χ0n) is 22.4. The van der Waals surface area contributed by atoms with Crippen molar-refractivity contribution in [1.29, 1.82) is 0 Å². The van der Waals surface area contributed by atoms with Crippen LogP contribution < -0.4 is 9.47 Å². The first kappa shape index (κ1) is 26.9. The lowest BCUT2D eigenvalue weighted by Crippen LogP contribution is -2.51. The quantitative estimate of drug-likeness (QED) is 0.606. The molecule has 0 spiro atoms. The standard InChI is InChI=1S/C29H39N3O5/c1-19-16-32(20(2)18-33)29(35)25-14-23(21-10-12-24(36-4)13-11-21)15-30-27(25)37-26(19)17-31(3)28(34)22-8-6-5-7-9-22/h10-15,19-20,22,26,33H,5-9,16-18H2,1-4H3/t19-,20-,26+/m1/s1. The molecule has 1 aliphatic carbocycles. The number of carbonyl (C=O) groups excluding carboxylic acids is 2. The molecular weight excluding hydrogens is 470 g/mol. The maximum atomic E-state index is 13.7. The van der Waals surface area contributed by atoms with E-state index in [-0.39, 0.29) is 48.3 Å². The number of amides is 2. The molecule has 2 aliphatic rings.